The van der Waals surface area contributed by atoms with E-state index in [4.69, 9.17) is 14.9 Å². The highest BCUT2D eigenvalue weighted by Crippen LogP contribution is 2.22. The number of amides is 1. The molecule has 1 aromatic carbocycles. The van der Waals surface area contributed by atoms with E-state index in [0.29, 0.717) is 17.3 Å². The van der Waals surface area contributed by atoms with Gasteiger partial charge < -0.3 is 14.9 Å². The lowest BCUT2D eigenvalue weighted by atomic mass is 10.1. The second-order valence-corrected chi connectivity index (χ2v) is 4.35. The van der Waals surface area contributed by atoms with Crippen LogP contribution in [0.2, 0.25) is 0 Å². The number of rotatable bonds is 5. The summed E-state index contributed by atoms with van der Waals surface area (Å²) in [5.41, 5.74) is 7.76. The predicted octanol–water partition coefficient (Wildman–Crippen LogP) is 1.96. The second kappa shape index (κ2) is 5.67. The monoisotopic (exact) mass is 260 g/mol. The molecule has 0 aliphatic carbocycles. The van der Waals surface area contributed by atoms with Crippen molar-refractivity contribution in [2.75, 3.05) is 6.61 Å². The first-order valence-electron chi connectivity index (χ1n) is 5.95. The van der Waals surface area contributed by atoms with Gasteiger partial charge in [-0.05, 0) is 26.0 Å². The molecule has 2 aromatic rings. The number of oxazole rings is 1. The van der Waals surface area contributed by atoms with Crippen LogP contribution in [0.1, 0.15) is 17.0 Å². The maximum Gasteiger partial charge on any atom is 0.243 e. The first-order chi connectivity index (χ1) is 9.06. The Bertz CT molecular complexity index is 573. The number of nitrogens with two attached hydrogens (primary N) is 1. The average Bonchev–Trinajstić information content (AvgIpc) is 2.71. The van der Waals surface area contributed by atoms with Crippen molar-refractivity contribution < 1.29 is 13.9 Å². The van der Waals surface area contributed by atoms with Gasteiger partial charge in [-0.15, -0.1) is 0 Å². The van der Waals surface area contributed by atoms with Gasteiger partial charge in [0.15, 0.2) is 0 Å². The molecule has 0 bridgehead atoms. The Morgan fingerprint density at radius 2 is 2.00 bits per heavy atom. The molecule has 1 amide bonds. The summed E-state index contributed by atoms with van der Waals surface area (Å²) in [6.07, 6.45) is 0. The van der Waals surface area contributed by atoms with Gasteiger partial charge in [0.2, 0.25) is 11.8 Å². The van der Waals surface area contributed by atoms with Gasteiger partial charge in [0, 0.05) is 5.56 Å². The summed E-state index contributed by atoms with van der Waals surface area (Å²) in [4.78, 5) is 14.9. The van der Waals surface area contributed by atoms with Gasteiger partial charge in [-0.3, -0.25) is 4.79 Å². The molecule has 1 heterocycles. The number of aryl methyl sites for hydroxylation is 2. The molecular formula is C14H16N2O3. The predicted molar refractivity (Wildman–Crippen MR) is 70.3 cm³/mol. The summed E-state index contributed by atoms with van der Waals surface area (Å²) in [7, 11) is 0. The number of carbonyl (C=O) groups excluding carboxylic acids is 1. The van der Waals surface area contributed by atoms with Crippen LogP contribution in [0, 0.1) is 13.8 Å². The Kier molecular flexibility index (Phi) is 3.97. The lowest BCUT2D eigenvalue weighted by molar-refractivity contribution is -0.122. The van der Waals surface area contributed by atoms with Crippen LogP contribution in [0.3, 0.4) is 0 Å². The molecule has 19 heavy (non-hydrogen) atoms. The van der Waals surface area contributed by atoms with Crippen LogP contribution in [0.5, 0.6) is 0 Å². The molecule has 0 radical (unpaired) electrons. The highest BCUT2D eigenvalue weighted by molar-refractivity contribution is 5.74. The topological polar surface area (TPSA) is 78.4 Å². The summed E-state index contributed by atoms with van der Waals surface area (Å²) in [6.45, 7) is 3.93. The van der Waals surface area contributed by atoms with Crippen LogP contribution in [0.4, 0.5) is 0 Å². The third kappa shape index (κ3) is 3.42. The molecule has 0 saturated carbocycles. The maximum absolute atomic E-state index is 10.6. The van der Waals surface area contributed by atoms with Crippen molar-refractivity contribution in [2.45, 2.75) is 20.5 Å². The number of hydrogen-bond acceptors (Lipinski definition) is 4. The highest BCUT2D eigenvalue weighted by Gasteiger charge is 2.11. The molecular weight excluding hydrogens is 244 g/mol. The number of aromatic nitrogens is 1. The van der Waals surface area contributed by atoms with Gasteiger partial charge in [-0.2, -0.15) is 0 Å². The fourth-order valence-electron chi connectivity index (χ4n) is 1.63. The van der Waals surface area contributed by atoms with Crippen molar-refractivity contribution in [3.63, 3.8) is 0 Å². The summed E-state index contributed by atoms with van der Waals surface area (Å²) in [6, 6.07) is 7.90. The molecule has 0 fully saturated rings. The molecule has 0 saturated heterocycles. The van der Waals surface area contributed by atoms with E-state index in [1.807, 2.05) is 38.1 Å². The largest absolute Gasteiger partial charge is 0.441 e. The highest BCUT2D eigenvalue weighted by atomic mass is 16.5. The van der Waals surface area contributed by atoms with Gasteiger partial charge in [0.25, 0.3) is 0 Å². The quantitative estimate of drug-likeness (QED) is 0.891. The van der Waals surface area contributed by atoms with Crippen molar-refractivity contribution in [3.8, 4) is 11.5 Å². The van der Waals surface area contributed by atoms with Crippen LogP contribution in [-0.4, -0.2) is 17.5 Å². The molecule has 0 unspecified atom stereocenters. The van der Waals surface area contributed by atoms with Gasteiger partial charge in [0.1, 0.15) is 18.1 Å². The Balaban J connectivity index is 2.12. The maximum atomic E-state index is 10.6. The van der Waals surface area contributed by atoms with Crippen LogP contribution in [0.25, 0.3) is 11.5 Å². The van der Waals surface area contributed by atoms with E-state index in [0.717, 1.165) is 5.56 Å². The third-order valence-electron chi connectivity index (χ3n) is 2.67. The van der Waals surface area contributed by atoms with Crippen molar-refractivity contribution in [2.24, 2.45) is 5.73 Å². The Morgan fingerprint density at radius 1 is 1.32 bits per heavy atom. The smallest absolute Gasteiger partial charge is 0.243 e. The first kappa shape index (κ1) is 13.3. The van der Waals surface area contributed by atoms with Crippen LogP contribution in [-0.2, 0) is 16.1 Å². The summed E-state index contributed by atoms with van der Waals surface area (Å²) >= 11 is 0. The molecule has 2 N–H and O–H groups in total. The van der Waals surface area contributed by atoms with Crippen molar-refractivity contribution in [1.82, 2.24) is 4.98 Å². The fraction of sp³-hybridized carbons (Fsp3) is 0.286. The lowest BCUT2D eigenvalue weighted by Gasteiger charge is -1.98. The molecule has 5 nitrogen and oxygen atoms in total. The van der Waals surface area contributed by atoms with Crippen molar-refractivity contribution in [1.29, 1.82) is 0 Å². The number of hydrogen-bond donors (Lipinski definition) is 1. The van der Waals surface area contributed by atoms with Crippen molar-refractivity contribution >= 4 is 5.91 Å². The third-order valence-corrected chi connectivity index (χ3v) is 2.67. The summed E-state index contributed by atoms with van der Waals surface area (Å²) in [5.74, 6) is 0.732. The van der Waals surface area contributed by atoms with Crippen LogP contribution >= 0.6 is 0 Å². The van der Waals surface area contributed by atoms with Gasteiger partial charge >= 0.3 is 0 Å². The molecule has 0 aliphatic rings. The van der Waals surface area contributed by atoms with E-state index in [9.17, 15) is 4.79 Å². The molecule has 1 aromatic heterocycles. The number of benzene rings is 1. The minimum atomic E-state index is -0.500. The van der Waals surface area contributed by atoms with E-state index in [-0.39, 0.29) is 13.2 Å². The zero-order valence-corrected chi connectivity index (χ0v) is 11.0. The molecule has 100 valence electrons. The fourth-order valence-corrected chi connectivity index (χ4v) is 1.63. The van der Waals surface area contributed by atoms with Gasteiger partial charge in [-0.25, -0.2) is 4.98 Å². The number of primary amides is 1. The van der Waals surface area contributed by atoms with E-state index in [2.05, 4.69) is 4.98 Å². The summed E-state index contributed by atoms with van der Waals surface area (Å²) in [5, 5.41) is 0. The molecule has 0 spiro atoms. The first-order valence-corrected chi connectivity index (χ1v) is 5.95. The Labute approximate surface area is 111 Å². The number of ether oxygens (including phenoxy) is 1. The molecule has 0 aliphatic heterocycles. The van der Waals surface area contributed by atoms with E-state index < -0.39 is 5.91 Å². The number of carbonyl (C=O) groups is 1. The van der Waals surface area contributed by atoms with E-state index in [1.54, 1.807) is 0 Å². The number of nitrogens with zero attached hydrogens (tertiary/aromatic N) is 1. The zero-order chi connectivity index (χ0) is 13.8. The average molecular weight is 260 g/mol. The van der Waals surface area contributed by atoms with Crippen molar-refractivity contribution in [3.05, 3.63) is 41.3 Å². The van der Waals surface area contributed by atoms with Crippen LogP contribution in [0.15, 0.2) is 28.7 Å². The SMILES string of the molecule is Cc1ccc(-c2nc(COCC(N)=O)c(C)o2)cc1. The molecule has 0 atom stereocenters. The summed E-state index contributed by atoms with van der Waals surface area (Å²) < 4.78 is 10.7. The lowest BCUT2D eigenvalue weighted by Crippen LogP contribution is -2.18. The second-order valence-electron chi connectivity index (χ2n) is 4.35. The van der Waals surface area contributed by atoms with E-state index in [1.165, 1.54) is 5.56 Å². The van der Waals surface area contributed by atoms with E-state index >= 15 is 0 Å². The normalized spacial score (nSPS) is 10.6. The Morgan fingerprint density at radius 3 is 2.63 bits per heavy atom. The van der Waals surface area contributed by atoms with Gasteiger partial charge in [-0.1, -0.05) is 17.7 Å². The van der Waals surface area contributed by atoms with Gasteiger partial charge in [0.05, 0.1) is 6.61 Å². The molecule has 2 rings (SSSR count). The standard InChI is InChI=1S/C14H16N2O3/c1-9-3-5-11(6-4-9)14-16-12(10(2)19-14)7-18-8-13(15)17/h3-6H,7-8H2,1-2H3,(H2,15,17). The Hall–Kier alpha value is -2.14. The minimum absolute atomic E-state index is 0.119. The minimum Gasteiger partial charge on any atom is -0.441 e. The van der Waals surface area contributed by atoms with Crippen LogP contribution < -0.4 is 5.73 Å². The zero-order valence-electron chi connectivity index (χ0n) is 11.0. The molecule has 5 heteroatoms.